The molecule has 1 aromatic carbocycles. The zero-order valence-corrected chi connectivity index (χ0v) is 12.6. The molecule has 0 heterocycles. The monoisotopic (exact) mass is 326 g/mol. The summed E-state index contributed by atoms with van der Waals surface area (Å²) < 4.78 is 6.20. The van der Waals surface area contributed by atoms with Crippen LogP contribution < -0.4 is 15.8 Å². The summed E-state index contributed by atoms with van der Waals surface area (Å²) in [7, 11) is 1.61. The lowest BCUT2D eigenvalue weighted by atomic mass is 10.1. The number of carbonyl (C=O) groups is 1. The Morgan fingerprint density at radius 2 is 2.26 bits per heavy atom. The fraction of sp³-hybridized carbons (Fsp3) is 0.500. The SMILES string of the molecule is COc1ccc(Br)cc1CC(=O)NCC1(CN)CC1. The fourth-order valence-corrected chi connectivity index (χ4v) is 2.45. The Labute approximate surface area is 121 Å². The summed E-state index contributed by atoms with van der Waals surface area (Å²) in [5.74, 6) is 0.745. The van der Waals surface area contributed by atoms with E-state index in [1.807, 2.05) is 18.2 Å². The van der Waals surface area contributed by atoms with Crippen LogP contribution in [-0.2, 0) is 11.2 Å². The minimum Gasteiger partial charge on any atom is -0.496 e. The van der Waals surface area contributed by atoms with Gasteiger partial charge in [-0.1, -0.05) is 15.9 Å². The first-order valence-corrected chi connectivity index (χ1v) is 7.17. The van der Waals surface area contributed by atoms with Crippen molar-refractivity contribution in [1.82, 2.24) is 5.32 Å². The van der Waals surface area contributed by atoms with Gasteiger partial charge in [0, 0.05) is 16.6 Å². The van der Waals surface area contributed by atoms with E-state index in [1.54, 1.807) is 7.11 Å². The number of halogens is 1. The molecule has 1 aliphatic rings. The van der Waals surface area contributed by atoms with Crippen LogP contribution in [0.4, 0.5) is 0 Å². The van der Waals surface area contributed by atoms with Gasteiger partial charge in [-0.3, -0.25) is 4.79 Å². The lowest BCUT2D eigenvalue weighted by Gasteiger charge is -2.14. The Morgan fingerprint density at radius 1 is 1.53 bits per heavy atom. The van der Waals surface area contributed by atoms with Gasteiger partial charge in [0.05, 0.1) is 13.5 Å². The quantitative estimate of drug-likeness (QED) is 0.838. The number of hydrogen-bond acceptors (Lipinski definition) is 3. The van der Waals surface area contributed by atoms with E-state index in [4.69, 9.17) is 10.5 Å². The van der Waals surface area contributed by atoms with Crippen LogP contribution in [0, 0.1) is 5.41 Å². The van der Waals surface area contributed by atoms with E-state index in [0.29, 0.717) is 19.5 Å². The molecule has 3 N–H and O–H groups in total. The molecule has 1 saturated carbocycles. The minimum atomic E-state index is 0.0103. The van der Waals surface area contributed by atoms with Gasteiger partial charge in [0.2, 0.25) is 5.91 Å². The fourth-order valence-electron chi connectivity index (χ4n) is 2.04. The average Bonchev–Trinajstić information content (AvgIpc) is 3.17. The normalized spacial score (nSPS) is 15.9. The summed E-state index contributed by atoms with van der Waals surface area (Å²) in [6.45, 7) is 1.33. The number of nitrogens with one attached hydrogen (secondary N) is 1. The summed E-state index contributed by atoms with van der Waals surface area (Å²) in [5.41, 5.74) is 6.74. The van der Waals surface area contributed by atoms with E-state index in [-0.39, 0.29) is 11.3 Å². The first kappa shape index (κ1) is 14.3. The van der Waals surface area contributed by atoms with Gasteiger partial charge in [0.15, 0.2) is 0 Å². The predicted octanol–water partition coefficient (Wildman–Crippen LogP) is 1.86. The minimum absolute atomic E-state index is 0.0103. The molecule has 0 spiro atoms. The Hall–Kier alpha value is -1.07. The molecular weight excluding hydrogens is 308 g/mol. The molecule has 4 nitrogen and oxygen atoms in total. The van der Waals surface area contributed by atoms with E-state index in [0.717, 1.165) is 28.6 Å². The van der Waals surface area contributed by atoms with Crippen LogP contribution in [0.5, 0.6) is 5.75 Å². The molecule has 0 bridgehead atoms. The molecular formula is C14H19BrN2O2. The second-order valence-electron chi connectivity index (χ2n) is 5.11. The van der Waals surface area contributed by atoms with Crippen molar-refractivity contribution in [2.24, 2.45) is 11.1 Å². The van der Waals surface area contributed by atoms with Crippen LogP contribution in [0.1, 0.15) is 18.4 Å². The van der Waals surface area contributed by atoms with Gasteiger partial charge in [-0.15, -0.1) is 0 Å². The first-order chi connectivity index (χ1) is 9.08. The van der Waals surface area contributed by atoms with Crippen molar-refractivity contribution in [3.8, 4) is 5.75 Å². The van der Waals surface area contributed by atoms with Gasteiger partial charge in [-0.25, -0.2) is 0 Å². The Bertz CT molecular complexity index is 473. The Morgan fingerprint density at radius 3 is 2.84 bits per heavy atom. The Kier molecular flexibility index (Phi) is 4.47. The maximum absolute atomic E-state index is 12.0. The standard InChI is InChI=1S/C14H19BrN2O2/c1-19-12-3-2-11(15)6-10(12)7-13(18)17-9-14(8-16)4-5-14/h2-3,6H,4-5,7-9,16H2,1H3,(H,17,18). The number of methoxy groups -OCH3 is 1. The van der Waals surface area contributed by atoms with Crippen molar-refractivity contribution < 1.29 is 9.53 Å². The second-order valence-corrected chi connectivity index (χ2v) is 6.03. The molecule has 19 heavy (non-hydrogen) atoms. The van der Waals surface area contributed by atoms with Gasteiger partial charge in [-0.05, 0) is 43.0 Å². The Balaban J connectivity index is 1.93. The molecule has 0 unspecified atom stereocenters. The summed E-state index contributed by atoms with van der Waals surface area (Å²) in [6, 6.07) is 5.66. The third-order valence-electron chi connectivity index (χ3n) is 3.64. The third kappa shape index (κ3) is 3.70. The van der Waals surface area contributed by atoms with Crippen molar-refractivity contribution in [2.45, 2.75) is 19.3 Å². The topological polar surface area (TPSA) is 64.3 Å². The molecule has 1 fully saturated rings. The molecule has 0 atom stereocenters. The molecule has 5 heteroatoms. The second kappa shape index (κ2) is 5.92. The maximum Gasteiger partial charge on any atom is 0.224 e. The average molecular weight is 327 g/mol. The van der Waals surface area contributed by atoms with Crippen LogP contribution in [-0.4, -0.2) is 26.1 Å². The highest BCUT2D eigenvalue weighted by Gasteiger charge is 2.41. The van der Waals surface area contributed by atoms with Crippen LogP contribution in [0.2, 0.25) is 0 Å². The molecule has 1 amide bonds. The van der Waals surface area contributed by atoms with Crippen molar-refractivity contribution in [3.05, 3.63) is 28.2 Å². The largest absolute Gasteiger partial charge is 0.496 e. The molecule has 104 valence electrons. The zero-order chi connectivity index (χ0) is 13.9. The molecule has 0 saturated heterocycles. The predicted molar refractivity (Wildman–Crippen MR) is 78.1 cm³/mol. The first-order valence-electron chi connectivity index (χ1n) is 6.38. The number of ether oxygens (including phenoxy) is 1. The number of benzene rings is 1. The number of carbonyl (C=O) groups excluding carboxylic acids is 1. The van der Waals surface area contributed by atoms with Gasteiger partial charge in [-0.2, -0.15) is 0 Å². The van der Waals surface area contributed by atoms with Gasteiger partial charge >= 0.3 is 0 Å². The van der Waals surface area contributed by atoms with E-state index < -0.39 is 0 Å². The molecule has 0 aliphatic heterocycles. The highest BCUT2D eigenvalue weighted by Crippen LogP contribution is 2.43. The van der Waals surface area contributed by atoms with E-state index in [2.05, 4.69) is 21.2 Å². The van der Waals surface area contributed by atoms with Gasteiger partial charge in [0.1, 0.15) is 5.75 Å². The summed E-state index contributed by atoms with van der Waals surface area (Å²) in [4.78, 5) is 12.0. The maximum atomic E-state index is 12.0. The zero-order valence-electron chi connectivity index (χ0n) is 11.0. The van der Waals surface area contributed by atoms with Crippen LogP contribution in [0.25, 0.3) is 0 Å². The van der Waals surface area contributed by atoms with Gasteiger partial charge in [0.25, 0.3) is 0 Å². The van der Waals surface area contributed by atoms with Crippen molar-refractivity contribution in [3.63, 3.8) is 0 Å². The number of rotatable bonds is 6. The number of nitrogens with two attached hydrogens (primary N) is 1. The third-order valence-corrected chi connectivity index (χ3v) is 4.14. The summed E-state index contributed by atoms with van der Waals surface area (Å²) in [5, 5.41) is 2.97. The lowest BCUT2D eigenvalue weighted by molar-refractivity contribution is -0.120. The molecule has 2 rings (SSSR count). The number of hydrogen-bond donors (Lipinski definition) is 2. The molecule has 0 radical (unpaired) electrons. The lowest BCUT2D eigenvalue weighted by Crippen LogP contribution is -2.34. The summed E-state index contributed by atoms with van der Waals surface area (Å²) in [6.07, 6.45) is 2.55. The van der Waals surface area contributed by atoms with E-state index >= 15 is 0 Å². The molecule has 1 aliphatic carbocycles. The van der Waals surface area contributed by atoms with Crippen molar-refractivity contribution >= 4 is 21.8 Å². The molecule has 0 aromatic heterocycles. The van der Waals surface area contributed by atoms with Crippen LogP contribution in [0.15, 0.2) is 22.7 Å². The van der Waals surface area contributed by atoms with Gasteiger partial charge < -0.3 is 15.8 Å². The summed E-state index contributed by atoms with van der Waals surface area (Å²) >= 11 is 3.40. The highest BCUT2D eigenvalue weighted by atomic mass is 79.9. The van der Waals surface area contributed by atoms with Crippen molar-refractivity contribution in [2.75, 3.05) is 20.2 Å². The smallest absolute Gasteiger partial charge is 0.224 e. The number of amides is 1. The van der Waals surface area contributed by atoms with E-state index in [1.165, 1.54) is 0 Å². The van der Waals surface area contributed by atoms with Crippen LogP contribution >= 0.6 is 15.9 Å². The van der Waals surface area contributed by atoms with E-state index in [9.17, 15) is 4.79 Å². The van der Waals surface area contributed by atoms with Crippen LogP contribution in [0.3, 0.4) is 0 Å². The van der Waals surface area contributed by atoms with Crippen molar-refractivity contribution in [1.29, 1.82) is 0 Å². The molecule has 1 aromatic rings. The highest BCUT2D eigenvalue weighted by molar-refractivity contribution is 9.10.